The Morgan fingerprint density at radius 3 is 2.62 bits per heavy atom. The molecule has 3 heterocycles. The van der Waals surface area contributed by atoms with Gasteiger partial charge in [0, 0.05) is 29.4 Å². The van der Waals surface area contributed by atoms with Crippen LogP contribution in [0.4, 0.5) is 5.69 Å². The SMILES string of the molecule is COc1cccc(NC(=O)[C@@H]2[C@@H]3C=C[C@]4(O3)[C@@H]2C(=O)N(CCc2ccc(Cl)cc2)[C@@H]4C(=O)NC2CCCCC2)c1. The smallest absolute Gasteiger partial charge is 0.246 e. The number of nitrogens with zero attached hydrogens (tertiary/aromatic N) is 1. The summed E-state index contributed by atoms with van der Waals surface area (Å²) >= 11 is 6.06. The van der Waals surface area contributed by atoms with Crippen molar-refractivity contribution in [2.24, 2.45) is 11.8 Å². The molecule has 2 aromatic rings. The topological polar surface area (TPSA) is 97.0 Å². The summed E-state index contributed by atoms with van der Waals surface area (Å²) in [5, 5.41) is 6.81. The van der Waals surface area contributed by atoms with E-state index in [2.05, 4.69) is 10.6 Å². The normalized spacial score (nSPS) is 28.9. The van der Waals surface area contributed by atoms with Crippen LogP contribution in [0.5, 0.6) is 5.75 Å². The summed E-state index contributed by atoms with van der Waals surface area (Å²) in [5.41, 5.74) is 0.393. The van der Waals surface area contributed by atoms with E-state index in [1.54, 1.807) is 36.3 Å². The fourth-order valence-electron chi connectivity index (χ4n) is 6.86. The Balaban J connectivity index is 1.28. The molecule has 210 valence electrons. The second-order valence-electron chi connectivity index (χ2n) is 11.2. The summed E-state index contributed by atoms with van der Waals surface area (Å²) in [6.07, 6.45) is 8.84. The van der Waals surface area contributed by atoms with Gasteiger partial charge >= 0.3 is 0 Å². The summed E-state index contributed by atoms with van der Waals surface area (Å²) in [5.74, 6) is -1.68. The summed E-state index contributed by atoms with van der Waals surface area (Å²) in [7, 11) is 1.56. The maximum absolute atomic E-state index is 14.1. The van der Waals surface area contributed by atoms with Gasteiger partial charge in [0.15, 0.2) is 0 Å². The molecule has 1 saturated carbocycles. The van der Waals surface area contributed by atoms with Crippen LogP contribution in [-0.2, 0) is 25.5 Å². The molecule has 0 aromatic heterocycles. The Kier molecular flexibility index (Phi) is 7.31. The summed E-state index contributed by atoms with van der Waals surface area (Å²) in [6, 6.07) is 13.8. The van der Waals surface area contributed by atoms with Gasteiger partial charge in [-0.3, -0.25) is 14.4 Å². The average Bonchev–Trinajstić information content (AvgIpc) is 3.60. The molecule has 9 heteroatoms. The molecular formula is C31H34ClN3O5. The highest BCUT2D eigenvalue weighted by Gasteiger charge is 2.72. The molecule has 2 saturated heterocycles. The maximum atomic E-state index is 14.1. The van der Waals surface area contributed by atoms with E-state index < -0.39 is 29.6 Å². The van der Waals surface area contributed by atoms with E-state index in [1.165, 1.54) is 6.42 Å². The van der Waals surface area contributed by atoms with Gasteiger partial charge in [-0.05, 0) is 49.1 Å². The third-order valence-electron chi connectivity index (χ3n) is 8.77. The number of carbonyl (C=O) groups excluding carboxylic acids is 3. The molecule has 2 bridgehead atoms. The Labute approximate surface area is 239 Å². The van der Waals surface area contributed by atoms with Gasteiger partial charge in [0.2, 0.25) is 17.7 Å². The summed E-state index contributed by atoms with van der Waals surface area (Å²) in [6.45, 7) is 0.327. The van der Waals surface area contributed by atoms with Gasteiger partial charge in [0.25, 0.3) is 0 Å². The van der Waals surface area contributed by atoms with Crippen molar-refractivity contribution in [3.63, 3.8) is 0 Å². The van der Waals surface area contributed by atoms with Gasteiger partial charge in [0.05, 0.1) is 25.0 Å². The average molecular weight is 564 g/mol. The molecule has 1 aliphatic carbocycles. The molecule has 6 rings (SSSR count). The summed E-state index contributed by atoms with van der Waals surface area (Å²) < 4.78 is 11.7. The number of fused-ring (bicyclic) bond motifs is 1. The van der Waals surface area contributed by atoms with E-state index in [0.29, 0.717) is 29.4 Å². The molecule has 5 atom stereocenters. The number of ether oxygens (including phenoxy) is 2. The number of carbonyl (C=O) groups is 3. The molecule has 2 aromatic carbocycles. The predicted molar refractivity (Wildman–Crippen MR) is 151 cm³/mol. The van der Waals surface area contributed by atoms with Crippen molar-refractivity contribution in [3.05, 3.63) is 71.3 Å². The van der Waals surface area contributed by atoms with Gasteiger partial charge in [-0.25, -0.2) is 0 Å². The fraction of sp³-hybridized carbons (Fsp3) is 0.452. The van der Waals surface area contributed by atoms with Crippen molar-refractivity contribution in [3.8, 4) is 5.75 Å². The standard InChI is InChI=1S/C31H34ClN3O5/c1-39-23-9-5-8-22(18-23)34-28(36)25-24-14-16-31(40-24)26(25)30(38)35(17-15-19-10-12-20(32)13-11-19)27(31)29(37)33-21-6-3-2-4-7-21/h5,8-14,16,18,21,24-27H,2-4,6-7,15,17H2,1H3,(H,33,37)(H,34,36)/t24-,25+,26-,27+,31-/m0/s1. The lowest BCUT2D eigenvalue weighted by atomic mass is 9.74. The number of amides is 3. The second-order valence-corrected chi connectivity index (χ2v) is 11.6. The highest BCUT2D eigenvalue weighted by Crippen LogP contribution is 2.55. The van der Waals surface area contributed by atoms with Crippen LogP contribution in [0.25, 0.3) is 0 Å². The molecular weight excluding hydrogens is 530 g/mol. The molecule has 3 aliphatic heterocycles. The highest BCUT2D eigenvalue weighted by molar-refractivity contribution is 6.30. The molecule has 40 heavy (non-hydrogen) atoms. The van der Waals surface area contributed by atoms with E-state index >= 15 is 0 Å². The maximum Gasteiger partial charge on any atom is 0.246 e. The number of halogens is 1. The highest BCUT2D eigenvalue weighted by atomic mass is 35.5. The van der Waals surface area contributed by atoms with E-state index in [1.807, 2.05) is 36.4 Å². The van der Waals surface area contributed by atoms with Crippen LogP contribution in [0.3, 0.4) is 0 Å². The Hall–Kier alpha value is -3.36. The zero-order valence-corrected chi connectivity index (χ0v) is 23.2. The minimum Gasteiger partial charge on any atom is -0.497 e. The number of hydrogen-bond acceptors (Lipinski definition) is 5. The molecule has 3 fully saturated rings. The van der Waals surface area contributed by atoms with Crippen LogP contribution >= 0.6 is 11.6 Å². The number of anilines is 1. The third-order valence-corrected chi connectivity index (χ3v) is 9.02. The first-order valence-electron chi connectivity index (χ1n) is 14.1. The number of methoxy groups -OCH3 is 1. The van der Waals surface area contributed by atoms with Crippen LogP contribution in [0, 0.1) is 11.8 Å². The van der Waals surface area contributed by atoms with E-state index in [4.69, 9.17) is 21.1 Å². The van der Waals surface area contributed by atoms with Crippen LogP contribution in [-0.4, -0.2) is 60.1 Å². The van der Waals surface area contributed by atoms with Crippen LogP contribution in [0.15, 0.2) is 60.7 Å². The monoisotopic (exact) mass is 563 g/mol. The summed E-state index contributed by atoms with van der Waals surface area (Å²) in [4.78, 5) is 43.4. The van der Waals surface area contributed by atoms with Gasteiger partial charge in [-0.2, -0.15) is 0 Å². The quantitative estimate of drug-likeness (QED) is 0.471. The Morgan fingerprint density at radius 1 is 1.10 bits per heavy atom. The van der Waals surface area contributed by atoms with E-state index in [9.17, 15) is 14.4 Å². The van der Waals surface area contributed by atoms with Gasteiger partial charge in [-0.1, -0.05) is 61.2 Å². The first-order valence-corrected chi connectivity index (χ1v) is 14.4. The second kappa shape index (κ2) is 10.9. The van der Waals surface area contributed by atoms with Crippen molar-refractivity contribution in [1.29, 1.82) is 0 Å². The third kappa shape index (κ3) is 4.77. The van der Waals surface area contributed by atoms with Gasteiger partial charge in [0.1, 0.15) is 17.4 Å². The molecule has 2 N–H and O–H groups in total. The minimum absolute atomic E-state index is 0.0830. The van der Waals surface area contributed by atoms with Crippen LogP contribution in [0.1, 0.15) is 37.7 Å². The molecule has 3 amide bonds. The van der Waals surface area contributed by atoms with E-state index in [-0.39, 0.29) is 23.8 Å². The number of likely N-dealkylation sites (tertiary alicyclic amines) is 1. The zero-order valence-electron chi connectivity index (χ0n) is 22.5. The van der Waals surface area contributed by atoms with Crippen molar-refractivity contribution in [2.45, 2.75) is 62.3 Å². The molecule has 0 unspecified atom stereocenters. The van der Waals surface area contributed by atoms with E-state index in [0.717, 1.165) is 31.2 Å². The first kappa shape index (κ1) is 26.8. The lowest BCUT2D eigenvalue weighted by Gasteiger charge is -2.34. The Morgan fingerprint density at radius 2 is 1.88 bits per heavy atom. The first-order chi connectivity index (χ1) is 19.4. The molecule has 1 spiro atoms. The lowest BCUT2D eigenvalue weighted by molar-refractivity contribution is -0.141. The molecule has 8 nitrogen and oxygen atoms in total. The van der Waals surface area contributed by atoms with Gasteiger partial charge < -0.3 is 25.0 Å². The Bertz CT molecular complexity index is 1320. The minimum atomic E-state index is -1.18. The fourth-order valence-corrected chi connectivity index (χ4v) is 6.99. The van der Waals surface area contributed by atoms with Gasteiger partial charge in [-0.15, -0.1) is 0 Å². The predicted octanol–water partition coefficient (Wildman–Crippen LogP) is 4.13. The largest absolute Gasteiger partial charge is 0.497 e. The van der Waals surface area contributed by atoms with Crippen molar-refractivity contribution in [1.82, 2.24) is 10.2 Å². The van der Waals surface area contributed by atoms with Crippen molar-refractivity contribution in [2.75, 3.05) is 19.0 Å². The number of rotatable bonds is 8. The number of hydrogen-bond donors (Lipinski definition) is 2. The molecule has 0 radical (unpaired) electrons. The van der Waals surface area contributed by atoms with Crippen molar-refractivity contribution >= 4 is 35.0 Å². The number of benzene rings is 2. The molecule has 4 aliphatic rings. The van der Waals surface area contributed by atoms with Crippen LogP contribution < -0.4 is 15.4 Å². The lowest BCUT2D eigenvalue weighted by Crippen LogP contribution is -2.56. The number of nitrogens with one attached hydrogen (secondary N) is 2. The van der Waals surface area contributed by atoms with Crippen molar-refractivity contribution < 1.29 is 23.9 Å². The zero-order chi connectivity index (χ0) is 27.9. The van der Waals surface area contributed by atoms with Crippen LogP contribution in [0.2, 0.25) is 5.02 Å².